The van der Waals surface area contributed by atoms with Crippen LogP contribution < -0.4 is 5.32 Å². The first-order chi connectivity index (χ1) is 7.78. The minimum Gasteiger partial charge on any atom is -0.440 e. The van der Waals surface area contributed by atoms with Gasteiger partial charge in [-0.05, 0) is 40.8 Å². The lowest BCUT2D eigenvalue weighted by Crippen LogP contribution is -2.23. The Bertz CT molecular complexity index is 425. The van der Waals surface area contributed by atoms with Crippen molar-refractivity contribution in [2.45, 2.75) is 6.18 Å². The first-order valence-corrected chi connectivity index (χ1v) is 5.69. The molecular weight excluding hydrogens is 373 g/mol. The highest BCUT2D eigenvalue weighted by Crippen LogP contribution is 2.24. The van der Waals surface area contributed by atoms with Gasteiger partial charge in [-0.3, -0.25) is 5.32 Å². The lowest BCUT2D eigenvalue weighted by atomic mass is 10.3. The monoisotopic (exact) mass is 379 g/mol. The van der Waals surface area contributed by atoms with Gasteiger partial charge >= 0.3 is 12.3 Å². The van der Waals surface area contributed by atoms with Gasteiger partial charge in [0.15, 0.2) is 6.61 Å². The largest absolute Gasteiger partial charge is 0.440 e. The molecular formula is C9H6ClF3INO2. The smallest absolute Gasteiger partial charge is 0.422 e. The van der Waals surface area contributed by atoms with E-state index in [-0.39, 0.29) is 10.7 Å². The minimum atomic E-state index is -4.55. The Hall–Kier alpha value is -0.700. The fourth-order valence-corrected chi connectivity index (χ4v) is 1.79. The van der Waals surface area contributed by atoms with Crippen molar-refractivity contribution in [2.24, 2.45) is 0 Å². The second-order valence-corrected chi connectivity index (χ2v) is 4.59. The molecule has 3 nitrogen and oxygen atoms in total. The number of amides is 1. The van der Waals surface area contributed by atoms with Gasteiger partial charge in [0.25, 0.3) is 0 Å². The van der Waals surface area contributed by atoms with Gasteiger partial charge in [0.05, 0.1) is 10.7 Å². The van der Waals surface area contributed by atoms with Gasteiger partial charge in [-0.1, -0.05) is 11.6 Å². The molecule has 0 radical (unpaired) electrons. The van der Waals surface area contributed by atoms with Gasteiger partial charge in [-0.15, -0.1) is 0 Å². The molecule has 0 aliphatic heterocycles. The molecule has 0 aliphatic carbocycles. The maximum absolute atomic E-state index is 11.8. The highest BCUT2D eigenvalue weighted by Gasteiger charge is 2.29. The maximum Gasteiger partial charge on any atom is 0.422 e. The Morgan fingerprint density at radius 1 is 1.47 bits per heavy atom. The van der Waals surface area contributed by atoms with Crippen molar-refractivity contribution in [3.05, 3.63) is 26.8 Å². The van der Waals surface area contributed by atoms with Gasteiger partial charge in [0, 0.05) is 3.57 Å². The molecule has 94 valence electrons. The highest BCUT2D eigenvalue weighted by molar-refractivity contribution is 14.1. The third kappa shape index (κ3) is 5.44. The zero-order valence-electron chi connectivity index (χ0n) is 8.15. The van der Waals surface area contributed by atoms with Crippen molar-refractivity contribution in [2.75, 3.05) is 11.9 Å². The molecule has 0 spiro atoms. The number of carbonyl (C=O) groups excluding carboxylic acids is 1. The minimum absolute atomic E-state index is 0.194. The summed E-state index contributed by atoms with van der Waals surface area (Å²) in [6.45, 7) is -1.64. The third-order valence-electron chi connectivity index (χ3n) is 1.53. The Kier molecular flexibility index (Phi) is 4.87. The number of nitrogens with one attached hydrogen (secondary N) is 1. The molecule has 0 aliphatic rings. The average molecular weight is 380 g/mol. The van der Waals surface area contributed by atoms with Crippen molar-refractivity contribution in [3.8, 4) is 0 Å². The van der Waals surface area contributed by atoms with Crippen LogP contribution in [0.25, 0.3) is 0 Å². The molecule has 1 N–H and O–H groups in total. The molecule has 0 heterocycles. The number of rotatable bonds is 2. The van der Waals surface area contributed by atoms with E-state index in [2.05, 4.69) is 10.1 Å². The molecule has 8 heteroatoms. The molecule has 0 saturated heterocycles. The van der Waals surface area contributed by atoms with Gasteiger partial charge in [0.1, 0.15) is 0 Å². The normalized spacial score (nSPS) is 11.1. The number of carbonyl (C=O) groups is 1. The molecule has 0 fully saturated rings. The zero-order chi connectivity index (χ0) is 13.1. The second kappa shape index (κ2) is 5.76. The van der Waals surface area contributed by atoms with Gasteiger partial charge < -0.3 is 4.74 Å². The van der Waals surface area contributed by atoms with Crippen LogP contribution in [0.4, 0.5) is 23.7 Å². The van der Waals surface area contributed by atoms with Crippen LogP contribution in [0.15, 0.2) is 18.2 Å². The van der Waals surface area contributed by atoms with E-state index in [1.807, 2.05) is 22.6 Å². The molecule has 1 amide bonds. The van der Waals surface area contributed by atoms with Crippen molar-refractivity contribution in [3.63, 3.8) is 0 Å². The van der Waals surface area contributed by atoms with E-state index >= 15 is 0 Å². The van der Waals surface area contributed by atoms with Crippen LogP contribution in [0.3, 0.4) is 0 Å². The van der Waals surface area contributed by atoms with Gasteiger partial charge in [0.2, 0.25) is 0 Å². The summed E-state index contributed by atoms with van der Waals surface area (Å²) in [5, 5.41) is 2.34. The standard InChI is InChI=1S/C9H6ClF3INO2/c10-6-3-5(14)1-2-7(6)15-8(16)17-4-9(11,12)13/h1-3H,4H2,(H,15,16). The van der Waals surface area contributed by atoms with Gasteiger partial charge in [-0.2, -0.15) is 13.2 Å². The summed E-state index contributed by atoms with van der Waals surface area (Å²) >= 11 is 7.77. The Balaban J connectivity index is 2.57. The van der Waals surface area contributed by atoms with Crippen LogP contribution in [0.1, 0.15) is 0 Å². The maximum atomic E-state index is 11.8. The van der Waals surface area contributed by atoms with Crippen LogP contribution >= 0.6 is 34.2 Å². The molecule has 0 saturated carbocycles. The van der Waals surface area contributed by atoms with E-state index in [9.17, 15) is 18.0 Å². The molecule has 0 unspecified atom stereocenters. The molecule has 1 aromatic rings. The van der Waals surface area contributed by atoms with E-state index < -0.39 is 18.9 Å². The molecule has 0 atom stereocenters. The molecule has 0 bridgehead atoms. The van der Waals surface area contributed by atoms with E-state index in [0.717, 1.165) is 3.57 Å². The number of benzene rings is 1. The Morgan fingerprint density at radius 2 is 2.12 bits per heavy atom. The third-order valence-corrected chi connectivity index (χ3v) is 2.52. The first-order valence-electron chi connectivity index (χ1n) is 4.23. The first kappa shape index (κ1) is 14.4. The van der Waals surface area contributed by atoms with E-state index in [4.69, 9.17) is 11.6 Å². The number of halogens is 5. The number of anilines is 1. The summed E-state index contributed by atoms with van der Waals surface area (Å²) in [5.74, 6) is 0. The van der Waals surface area contributed by atoms with Crippen LogP contribution in [0.5, 0.6) is 0 Å². The SMILES string of the molecule is O=C(Nc1ccc(I)cc1Cl)OCC(F)(F)F. The summed E-state index contributed by atoms with van der Waals surface area (Å²) < 4.78 is 40.1. The van der Waals surface area contributed by atoms with Gasteiger partial charge in [-0.25, -0.2) is 4.79 Å². The summed E-state index contributed by atoms with van der Waals surface area (Å²) in [4.78, 5) is 11.0. The number of hydrogen-bond donors (Lipinski definition) is 1. The fraction of sp³-hybridized carbons (Fsp3) is 0.222. The second-order valence-electron chi connectivity index (χ2n) is 2.94. The van der Waals surface area contributed by atoms with Crippen LogP contribution in [0.2, 0.25) is 5.02 Å². The van der Waals surface area contributed by atoms with Crippen molar-refractivity contribution in [1.82, 2.24) is 0 Å². The summed E-state index contributed by atoms with van der Waals surface area (Å²) in [6.07, 6.45) is -5.75. The Morgan fingerprint density at radius 3 is 2.65 bits per heavy atom. The van der Waals surface area contributed by atoms with Crippen molar-refractivity contribution in [1.29, 1.82) is 0 Å². The molecule has 1 aromatic carbocycles. The predicted molar refractivity (Wildman–Crippen MR) is 65.2 cm³/mol. The summed E-state index contributed by atoms with van der Waals surface area (Å²) in [7, 11) is 0. The lowest BCUT2D eigenvalue weighted by Gasteiger charge is -2.10. The molecule has 1 rings (SSSR count). The average Bonchev–Trinajstić information content (AvgIpc) is 2.18. The number of alkyl halides is 3. The molecule has 0 aromatic heterocycles. The van der Waals surface area contributed by atoms with Crippen LogP contribution in [-0.2, 0) is 4.74 Å². The number of hydrogen-bond acceptors (Lipinski definition) is 2. The summed E-state index contributed by atoms with van der Waals surface area (Å²) in [6, 6.07) is 4.67. The quantitative estimate of drug-likeness (QED) is 0.787. The van der Waals surface area contributed by atoms with Crippen LogP contribution in [0, 0.1) is 3.57 Å². The fourth-order valence-electron chi connectivity index (χ4n) is 0.884. The predicted octanol–water partition coefficient (Wildman–Crippen LogP) is 4.06. The van der Waals surface area contributed by atoms with Crippen molar-refractivity contribution < 1.29 is 22.7 Å². The van der Waals surface area contributed by atoms with E-state index in [1.165, 1.54) is 6.07 Å². The molecule has 17 heavy (non-hydrogen) atoms. The summed E-state index contributed by atoms with van der Waals surface area (Å²) in [5.41, 5.74) is 0.194. The lowest BCUT2D eigenvalue weighted by molar-refractivity contribution is -0.159. The zero-order valence-corrected chi connectivity index (χ0v) is 11.1. The van der Waals surface area contributed by atoms with Crippen LogP contribution in [-0.4, -0.2) is 18.9 Å². The topological polar surface area (TPSA) is 38.3 Å². The highest BCUT2D eigenvalue weighted by atomic mass is 127. The van der Waals surface area contributed by atoms with E-state index in [1.54, 1.807) is 12.1 Å². The van der Waals surface area contributed by atoms with E-state index in [0.29, 0.717) is 0 Å². The van der Waals surface area contributed by atoms with Crippen molar-refractivity contribution >= 4 is 46.0 Å². The Labute approximate surface area is 113 Å². The number of ether oxygens (including phenoxy) is 1.